The molecule has 172 valence electrons. The number of nitrogens with zero attached hydrogens (tertiary/aromatic N) is 2. The van der Waals surface area contributed by atoms with Gasteiger partial charge in [0.15, 0.2) is 0 Å². The SMILES string of the molecule is CC(C)N(Cc1cc(NC(=O)c2ccccc2Cl)ccc1N(C)C)C(=O)c1cccc(F)c1. The largest absolute Gasteiger partial charge is 0.377 e. The molecule has 0 aliphatic carbocycles. The molecular weight excluding hydrogens is 441 g/mol. The maximum atomic E-state index is 13.7. The van der Waals surface area contributed by atoms with E-state index in [-0.39, 0.29) is 24.4 Å². The fourth-order valence-corrected chi connectivity index (χ4v) is 3.75. The van der Waals surface area contributed by atoms with Gasteiger partial charge in [-0.05, 0) is 67.9 Å². The second-order valence-corrected chi connectivity index (χ2v) is 8.62. The molecule has 0 spiro atoms. The number of carbonyl (C=O) groups is 2. The highest BCUT2D eigenvalue weighted by Crippen LogP contribution is 2.27. The molecule has 3 rings (SSSR count). The van der Waals surface area contributed by atoms with Crippen molar-refractivity contribution < 1.29 is 14.0 Å². The summed E-state index contributed by atoms with van der Waals surface area (Å²) < 4.78 is 13.7. The minimum Gasteiger partial charge on any atom is -0.377 e. The van der Waals surface area contributed by atoms with E-state index in [1.165, 1.54) is 18.2 Å². The molecular formula is C26H27ClFN3O2. The lowest BCUT2D eigenvalue weighted by molar-refractivity contribution is 0.0690. The molecule has 0 aliphatic heterocycles. The number of carbonyl (C=O) groups excluding carboxylic acids is 2. The smallest absolute Gasteiger partial charge is 0.257 e. The van der Waals surface area contributed by atoms with E-state index in [4.69, 9.17) is 11.6 Å². The van der Waals surface area contributed by atoms with Crippen LogP contribution in [0.4, 0.5) is 15.8 Å². The topological polar surface area (TPSA) is 52.7 Å². The molecule has 0 aliphatic rings. The summed E-state index contributed by atoms with van der Waals surface area (Å²) >= 11 is 6.15. The number of amides is 2. The van der Waals surface area contributed by atoms with Crippen LogP contribution in [0.5, 0.6) is 0 Å². The fourth-order valence-electron chi connectivity index (χ4n) is 3.53. The summed E-state index contributed by atoms with van der Waals surface area (Å²) in [4.78, 5) is 29.5. The first-order valence-corrected chi connectivity index (χ1v) is 11.0. The zero-order chi connectivity index (χ0) is 24.1. The first-order chi connectivity index (χ1) is 15.7. The molecule has 3 aromatic rings. The van der Waals surface area contributed by atoms with Crippen LogP contribution in [-0.2, 0) is 6.54 Å². The number of rotatable bonds is 7. The van der Waals surface area contributed by atoms with Crippen LogP contribution in [0.2, 0.25) is 5.02 Å². The number of hydrogen-bond donors (Lipinski definition) is 1. The Labute approximate surface area is 198 Å². The Morgan fingerprint density at radius 2 is 1.73 bits per heavy atom. The van der Waals surface area contributed by atoms with E-state index in [1.807, 2.05) is 51.0 Å². The quantitative estimate of drug-likeness (QED) is 0.474. The molecule has 0 heterocycles. The Bertz CT molecular complexity index is 1160. The van der Waals surface area contributed by atoms with Gasteiger partial charge in [0.1, 0.15) is 5.82 Å². The van der Waals surface area contributed by atoms with Gasteiger partial charge in [-0.25, -0.2) is 4.39 Å². The molecule has 0 fully saturated rings. The van der Waals surface area contributed by atoms with Crippen molar-refractivity contribution in [3.05, 3.63) is 94.3 Å². The maximum absolute atomic E-state index is 13.7. The molecule has 0 saturated heterocycles. The number of nitrogens with one attached hydrogen (secondary N) is 1. The van der Waals surface area contributed by atoms with Gasteiger partial charge in [0.25, 0.3) is 11.8 Å². The minimum absolute atomic E-state index is 0.128. The predicted molar refractivity (Wildman–Crippen MR) is 132 cm³/mol. The second kappa shape index (κ2) is 10.5. The molecule has 7 heteroatoms. The normalized spacial score (nSPS) is 10.8. The highest BCUT2D eigenvalue weighted by molar-refractivity contribution is 6.34. The zero-order valence-corrected chi connectivity index (χ0v) is 19.9. The van der Waals surface area contributed by atoms with E-state index < -0.39 is 5.82 Å². The summed E-state index contributed by atoms with van der Waals surface area (Å²) in [6.07, 6.45) is 0. The van der Waals surface area contributed by atoms with Crippen molar-refractivity contribution in [3.8, 4) is 0 Å². The average Bonchev–Trinajstić information content (AvgIpc) is 2.77. The molecule has 33 heavy (non-hydrogen) atoms. The third-order valence-electron chi connectivity index (χ3n) is 5.23. The first kappa shape index (κ1) is 24.3. The Morgan fingerprint density at radius 1 is 1.00 bits per heavy atom. The molecule has 2 amide bonds. The lowest BCUT2D eigenvalue weighted by atomic mass is 10.1. The van der Waals surface area contributed by atoms with E-state index in [0.29, 0.717) is 21.8 Å². The number of halogens is 2. The van der Waals surface area contributed by atoms with E-state index in [2.05, 4.69) is 5.32 Å². The molecule has 0 bridgehead atoms. The minimum atomic E-state index is -0.456. The molecule has 3 aromatic carbocycles. The van der Waals surface area contributed by atoms with Gasteiger partial charge in [-0.1, -0.05) is 29.8 Å². The van der Waals surface area contributed by atoms with Gasteiger partial charge < -0.3 is 15.1 Å². The van der Waals surface area contributed by atoms with Crippen molar-refractivity contribution in [2.75, 3.05) is 24.3 Å². The van der Waals surface area contributed by atoms with Gasteiger partial charge >= 0.3 is 0 Å². The fraction of sp³-hybridized carbons (Fsp3) is 0.231. The molecule has 0 atom stereocenters. The molecule has 0 unspecified atom stereocenters. The first-order valence-electron chi connectivity index (χ1n) is 10.6. The lowest BCUT2D eigenvalue weighted by Gasteiger charge is -2.29. The summed E-state index contributed by atoms with van der Waals surface area (Å²) in [7, 11) is 3.82. The van der Waals surface area contributed by atoms with E-state index in [0.717, 1.165) is 11.3 Å². The van der Waals surface area contributed by atoms with Gasteiger partial charge in [-0.15, -0.1) is 0 Å². The van der Waals surface area contributed by atoms with Crippen LogP contribution < -0.4 is 10.2 Å². The van der Waals surface area contributed by atoms with Crippen LogP contribution >= 0.6 is 11.6 Å². The monoisotopic (exact) mass is 467 g/mol. The van der Waals surface area contributed by atoms with Crippen molar-refractivity contribution in [3.63, 3.8) is 0 Å². The van der Waals surface area contributed by atoms with Gasteiger partial charge in [-0.3, -0.25) is 9.59 Å². The summed E-state index contributed by atoms with van der Waals surface area (Å²) in [6.45, 7) is 4.11. The van der Waals surface area contributed by atoms with Gasteiger partial charge in [-0.2, -0.15) is 0 Å². The number of hydrogen-bond acceptors (Lipinski definition) is 3. The van der Waals surface area contributed by atoms with E-state index >= 15 is 0 Å². The highest BCUT2D eigenvalue weighted by atomic mass is 35.5. The summed E-state index contributed by atoms with van der Waals surface area (Å²) in [5.74, 6) is -1.04. The Hall–Kier alpha value is -3.38. The molecule has 0 saturated carbocycles. The number of benzene rings is 3. The van der Waals surface area contributed by atoms with E-state index in [9.17, 15) is 14.0 Å². The van der Waals surface area contributed by atoms with Crippen molar-refractivity contribution >= 4 is 34.8 Å². The van der Waals surface area contributed by atoms with Crippen molar-refractivity contribution in [2.45, 2.75) is 26.4 Å². The molecule has 0 aromatic heterocycles. The molecule has 5 nitrogen and oxygen atoms in total. The summed E-state index contributed by atoms with van der Waals surface area (Å²) in [5, 5.41) is 3.25. The third kappa shape index (κ3) is 5.90. The van der Waals surface area contributed by atoms with Crippen LogP contribution in [0.25, 0.3) is 0 Å². The van der Waals surface area contributed by atoms with Gasteiger partial charge in [0.05, 0.1) is 10.6 Å². The van der Waals surface area contributed by atoms with Crippen LogP contribution in [0, 0.1) is 5.82 Å². The van der Waals surface area contributed by atoms with Crippen molar-refractivity contribution in [1.29, 1.82) is 0 Å². The molecule has 1 N–H and O–H groups in total. The Balaban J connectivity index is 1.92. The van der Waals surface area contributed by atoms with Crippen LogP contribution in [0.3, 0.4) is 0 Å². The van der Waals surface area contributed by atoms with Gasteiger partial charge in [0.2, 0.25) is 0 Å². The summed E-state index contributed by atoms with van der Waals surface area (Å²) in [5.41, 5.74) is 3.00. The Morgan fingerprint density at radius 3 is 2.36 bits per heavy atom. The Kier molecular flexibility index (Phi) is 7.71. The van der Waals surface area contributed by atoms with Crippen molar-refractivity contribution in [2.24, 2.45) is 0 Å². The van der Waals surface area contributed by atoms with Crippen molar-refractivity contribution in [1.82, 2.24) is 4.90 Å². The summed E-state index contributed by atoms with van der Waals surface area (Å²) in [6, 6.07) is 17.9. The standard InChI is InChI=1S/C26H27ClFN3O2/c1-17(2)31(26(33)18-8-7-9-20(28)14-18)16-19-15-21(12-13-24(19)30(3)4)29-25(32)22-10-5-6-11-23(22)27/h5-15,17H,16H2,1-4H3,(H,29,32). The van der Waals surface area contributed by atoms with Crippen LogP contribution in [0.1, 0.15) is 40.1 Å². The maximum Gasteiger partial charge on any atom is 0.257 e. The lowest BCUT2D eigenvalue weighted by Crippen LogP contribution is -2.37. The number of anilines is 2. The zero-order valence-electron chi connectivity index (χ0n) is 19.1. The average molecular weight is 468 g/mol. The van der Waals surface area contributed by atoms with Gasteiger partial charge in [0, 0.05) is 43.6 Å². The molecule has 0 radical (unpaired) electrons. The van der Waals surface area contributed by atoms with Crippen LogP contribution in [0.15, 0.2) is 66.7 Å². The predicted octanol–water partition coefficient (Wildman–Crippen LogP) is 5.85. The van der Waals surface area contributed by atoms with Crippen LogP contribution in [-0.4, -0.2) is 36.9 Å². The van der Waals surface area contributed by atoms with E-state index in [1.54, 1.807) is 35.2 Å². The highest BCUT2D eigenvalue weighted by Gasteiger charge is 2.22. The third-order valence-corrected chi connectivity index (χ3v) is 5.56. The second-order valence-electron chi connectivity index (χ2n) is 8.21.